The van der Waals surface area contributed by atoms with E-state index in [1.54, 1.807) is 41.3 Å². The third-order valence-corrected chi connectivity index (χ3v) is 2.83. The van der Waals surface area contributed by atoms with Gasteiger partial charge in [0.15, 0.2) is 0 Å². The monoisotopic (exact) mass is 262 g/mol. The third kappa shape index (κ3) is 3.62. The SMILES string of the molecule is CN(CC(O)Cn1cc(N)cn1)c1ccc(O)cc1. The number of nitrogens with zero attached hydrogens (tertiary/aromatic N) is 3. The Kier molecular flexibility index (Phi) is 3.91. The molecule has 0 radical (unpaired) electrons. The minimum atomic E-state index is -0.557. The van der Waals surface area contributed by atoms with E-state index in [1.807, 2.05) is 11.9 Å². The molecule has 19 heavy (non-hydrogen) atoms. The highest BCUT2D eigenvalue weighted by molar-refractivity contribution is 5.48. The topological polar surface area (TPSA) is 87.5 Å². The van der Waals surface area contributed by atoms with Crippen LogP contribution >= 0.6 is 0 Å². The van der Waals surface area contributed by atoms with Gasteiger partial charge in [0, 0.05) is 25.5 Å². The van der Waals surface area contributed by atoms with Crippen LogP contribution in [-0.2, 0) is 6.54 Å². The molecular formula is C13H18N4O2. The maximum absolute atomic E-state index is 10.0. The van der Waals surface area contributed by atoms with Crippen molar-refractivity contribution in [1.82, 2.24) is 9.78 Å². The molecule has 0 amide bonds. The first kappa shape index (κ1) is 13.2. The Morgan fingerprint density at radius 3 is 2.63 bits per heavy atom. The lowest BCUT2D eigenvalue weighted by Crippen LogP contribution is -2.32. The molecular weight excluding hydrogens is 244 g/mol. The summed E-state index contributed by atoms with van der Waals surface area (Å²) in [6, 6.07) is 6.83. The van der Waals surface area contributed by atoms with Gasteiger partial charge in [-0.2, -0.15) is 5.10 Å². The van der Waals surface area contributed by atoms with Crippen molar-refractivity contribution in [2.24, 2.45) is 0 Å². The van der Waals surface area contributed by atoms with E-state index in [-0.39, 0.29) is 5.75 Å². The normalized spacial score (nSPS) is 12.3. The van der Waals surface area contributed by atoms with Gasteiger partial charge in [-0.25, -0.2) is 0 Å². The average molecular weight is 262 g/mol. The Morgan fingerprint density at radius 1 is 1.37 bits per heavy atom. The Bertz CT molecular complexity index is 524. The highest BCUT2D eigenvalue weighted by Gasteiger charge is 2.10. The number of aromatic hydroxyl groups is 1. The molecule has 2 aromatic rings. The molecule has 1 aromatic heterocycles. The number of phenolic OH excluding ortho intramolecular Hbond substituents is 1. The van der Waals surface area contributed by atoms with Gasteiger partial charge in [0.1, 0.15) is 5.75 Å². The van der Waals surface area contributed by atoms with Crippen LogP contribution in [-0.4, -0.2) is 39.7 Å². The van der Waals surface area contributed by atoms with Gasteiger partial charge in [0.25, 0.3) is 0 Å². The summed E-state index contributed by atoms with van der Waals surface area (Å²) in [7, 11) is 1.88. The largest absolute Gasteiger partial charge is 0.508 e. The molecule has 6 heteroatoms. The number of anilines is 2. The summed E-state index contributed by atoms with van der Waals surface area (Å²) in [6.07, 6.45) is 2.68. The third-order valence-electron chi connectivity index (χ3n) is 2.83. The van der Waals surface area contributed by atoms with Crippen LogP contribution < -0.4 is 10.6 Å². The minimum Gasteiger partial charge on any atom is -0.508 e. The molecule has 0 saturated carbocycles. The molecule has 1 atom stereocenters. The van der Waals surface area contributed by atoms with Crippen molar-refractivity contribution < 1.29 is 10.2 Å². The van der Waals surface area contributed by atoms with E-state index in [9.17, 15) is 10.2 Å². The van der Waals surface area contributed by atoms with Gasteiger partial charge >= 0.3 is 0 Å². The first-order valence-electron chi connectivity index (χ1n) is 6.01. The highest BCUT2D eigenvalue weighted by Crippen LogP contribution is 2.17. The number of nitrogens with two attached hydrogens (primary N) is 1. The van der Waals surface area contributed by atoms with Crippen molar-refractivity contribution in [3.63, 3.8) is 0 Å². The number of nitrogen functional groups attached to an aromatic ring is 1. The summed E-state index contributed by atoms with van der Waals surface area (Å²) in [5.41, 5.74) is 7.07. The summed E-state index contributed by atoms with van der Waals surface area (Å²) in [6.45, 7) is 0.851. The number of aliphatic hydroxyl groups excluding tert-OH is 1. The lowest BCUT2D eigenvalue weighted by Gasteiger charge is -2.22. The molecule has 6 nitrogen and oxygen atoms in total. The zero-order chi connectivity index (χ0) is 13.8. The van der Waals surface area contributed by atoms with Crippen LogP contribution in [0.1, 0.15) is 0 Å². The van der Waals surface area contributed by atoms with Crippen molar-refractivity contribution in [3.05, 3.63) is 36.7 Å². The average Bonchev–Trinajstić information content (AvgIpc) is 2.75. The van der Waals surface area contributed by atoms with Crippen LogP contribution in [0.25, 0.3) is 0 Å². The zero-order valence-corrected chi connectivity index (χ0v) is 10.8. The standard InChI is InChI=1S/C13H18N4O2/c1-16(11-2-4-12(18)5-3-11)8-13(19)9-17-7-10(14)6-15-17/h2-7,13,18-19H,8-9,14H2,1H3. The van der Waals surface area contributed by atoms with E-state index in [0.717, 1.165) is 5.69 Å². The summed E-state index contributed by atoms with van der Waals surface area (Å²) in [4.78, 5) is 1.91. The molecule has 4 N–H and O–H groups in total. The highest BCUT2D eigenvalue weighted by atomic mass is 16.3. The van der Waals surface area contributed by atoms with E-state index < -0.39 is 6.10 Å². The quantitative estimate of drug-likeness (QED) is 0.737. The van der Waals surface area contributed by atoms with E-state index in [2.05, 4.69) is 5.10 Å². The second-order valence-corrected chi connectivity index (χ2v) is 4.55. The smallest absolute Gasteiger partial charge is 0.115 e. The van der Waals surface area contributed by atoms with Crippen LogP contribution in [0.4, 0.5) is 11.4 Å². The Balaban J connectivity index is 1.91. The molecule has 102 valence electrons. The number of hydrogen-bond acceptors (Lipinski definition) is 5. The van der Waals surface area contributed by atoms with Crippen molar-refractivity contribution in [1.29, 1.82) is 0 Å². The number of benzene rings is 1. The van der Waals surface area contributed by atoms with E-state index in [0.29, 0.717) is 18.8 Å². The molecule has 2 rings (SSSR count). The van der Waals surface area contributed by atoms with Gasteiger partial charge in [-0.15, -0.1) is 0 Å². The molecule has 0 aliphatic heterocycles. The zero-order valence-electron chi connectivity index (χ0n) is 10.8. The number of aromatic nitrogens is 2. The molecule has 1 unspecified atom stereocenters. The molecule has 0 spiro atoms. The van der Waals surface area contributed by atoms with Gasteiger partial charge < -0.3 is 20.8 Å². The van der Waals surface area contributed by atoms with Gasteiger partial charge in [-0.1, -0.05) is 0 Å². The molecule has 0 fully saturated rings. The molecule has 1 aromatic carbocycles. The van der Waals surface area contributed by atoms with E-state index in [1.165, 1.54) is 0 Å². The predicted octanol–water partition coefficient (Wildman–Crippen LogP) is 0.668. The van der Waals surface area contributed by atoms with Crippen molar-refractivity contribution >= 4 is 11.4 Å². The lowest BCUT2D eigenvalue weighted by atomic mass is 10.2. The van der Waals surface area contributed by atoms with Gasteiger partial charge in [-0.05, 0) is 24.3 Å². The van der Waals surface area contributed by atoms with Crippen LogP contribution in [0.2, 0.25) is 0 Å². The number of phenols is 1. The maximum Gasteiger partial charge on any atom is 0.115 e. The maximum atomic E-state index is 10.0. The summed E-state index contributed by atoms with van der Waals surface area (Å²) in [5.74, 6) is 0.227. The predicted molar refractivity (Wildman–Crippen MR) is 74.0 cm³/mol. The van der Waals surface area contributed by atoms with Gasteiger partial charge in [0.2, 0.25) is 0 Å². The fourth-order valence-corrected chi connectivity index (χ4v) is 1.88. The van der Waals surface area contributed by atoms with Crippen LogP contribution in [0.15, 0.2) is 36.7 Å². The van der Waals surface area contributed by atoms with Crippen LogP contribution in [0.3, 0.4) is 0 Å². The van der Waals surface area contributed by atoms with Crippen LogP contribution in [0.5, 0.6) is 5.75 Å². The number of hydrogen-bond donors (Lipinski definition) is 3. The fourth-order valence-electron chi connectivity index (χ4n) is 1.88. The Hall–Kier alpha value is -2.21. The molecule has 1 heterocycles. The van der Waals surface area contributed by atoms with E-state index >= 15 is 0 Å². The molecule has 0 bridgehead atoms. The van der Waals surface area contributed by atoms with Crippen molar-refractivity contribution in [2.45, 2.75) is 12.6 Å². The fraction of sp³-hybridized carbons (Fsp3) is 0.308. The minimum absolute atomic E-state index is 0.227. The number of rotatable bonds is 5. The van der Waals surface area contributed by atoms with Gasteiger partial charge in [0.05, 0.1) is 24.5 Å². The number of aliphatic hydroxyl groups is 1. The first-order valence-corrected chi connectivity index (χ1v) is 6.01. The second-order valence-electron chi connectivity index (χ2n) is 4.55. The molecule has 0 saturated heterocycles. The second kappa shape index (κ2) is 5.62. The Labute approximate surface area is 111 Å². The molecule has 0 aliphatic carbocycles. The lowest BCUT2D eigenvalue weighted by molar-refractivity contribution is 0.156. The van der Waals surface area contributed by atoms with Crippen molar-refractivity contribution in [3.8, 4) is 5.75 Å². The van der Waals surface area contributed by atoms with Crippen molar-refractivity contribution in [2.75, 3.05) is 24.2 Å². The van der Waals surface area contributed by atoms with Gasteiger partial charge in [-0.3, -0.25) is 4.68 Å². The summed E-state index contributed by atoms with van der Waals surface area (Å²) in [5, 5.41) is 23.3. The summed E-state index contributed by atoms with van der Waals surface area (Å²) < 4.78 is 1.62. The summed E-state index contributed by atoms with van der Waals surface area (Å²) >= 11 is 0. The van der Waals surface area contributed by atoms with E-state index in [4.69, 9.17) is 5.73 Å². The number of likely N-dealkylation sites (N-methyl/N-ethyl adjacent to an activating group) is 1. The molecule has 0 aliphatic rings. The Morgan fingerprint density at radius 2 is 2.05 bits per heavy atom. The van der Waals surface area contributed by atoms with Crippen LogP contribution in [0, 0.1) is 0 Å². The first-order chi connectivity index (χ1) is 9.04.